The molecular formula is C14H24O2. The summed E-state index contributed by atoms with van der Waals surface area (Å²) >= 11 is 0. The van der Waals surface area contributed by atoms with E-state index in [1.165, 1.54) is 57.8 Å². The summed E-state index contributed by atoms with van der Waals surface area (Å²) in [7, 11) is 0. The molecule has 1 spiro atoms. The van der Waals surface area contributed by atoms with E-state index in [9.17, 15) is 5.11 Å². The number of aliphatic hydroxyl groups excluding tert-OH is 1. The third-order valence-electron chi connectivity index (χ3n) is 5.19. The van der Waals surface area contributed by atoms with Crippen LogP contribution in [0.2, 0.25) is 0 Å². The zero-order valence-electron chi connectivity index (χ0n) is 10.2. The molecular weight excluding hydrogens is 200 g/mol. The topological polar surface area (TPSA) is 32.8 Å². The van der Waals surface area contributed by atoms with Gasteiger partial charge in [0.25, 0.3) is 0 Å². The van der Waals surface area contributed by atoms with Crippen molar-refractivity contribution in [2.45, 2.75) is 69.5 Å². The summed E-state index contributed by atoms with van der Waals surface area (Å²) in [5.74, 6) is 1.66. The molecule has 2 aliphatic carbocycles. The average molecular weight is 224 g/mol. The fraction of sp³-hybridized carbons (Fsp3) is 1.00. The summed E-state index contributed by atoms with van der Waals surface area (Å²) in [6.07, 6.45) is 12.5. The Morgan fingerprint density at radius 2 is 1.75 bits per heavy atom. The summed E-state index contributed by atoms with van der Waals surface area (Å²) in [6, 6.07) is 0. The van der Waals surface area contributed by atoms with Crippen molar-refractivity contribution in [3.05, 3.63) is 0 Å². The molecule has 0 amide bonds. The maximum atomic E-state index is 9.31. The van der Waals surface area contributed by atoms with Crippen LogP contribution in [-0.4, -0.2) is 23.4 Å². The molecule has 1 saturated heterocycles. The molecule has 1 heterocycles. The zero-order valence-corrected chi connectivity index (χ0v) is 10.2. The van der Waals surface area contributed by atoms with Crippen LogP contribution in [0.1, 0.15) is 57.8 Å². The molecule has 92 valence electrons. The fourth-order valence-electron chi connectivity index (χ4n) is 4.34. The Hall–Kier alpha value is -0.0800. The Labute approximate surface area is 98.4 Å². The van der Waals surface area contributed by atoms with Gasteiger partial charge in [0, 0.05) is 0 Å². The quantitative estimate of drug-likeness (QED) is 0.732. The van der Waals surface area contributed by atoms with Crippen molar-refractivity contribution in [1.82, 2.24) is 0 Å². The van der Waals surface area contributed by atoms with Crippen LogP contribution in [0, 0.1) is 11.8 Å². The normalized spacial score (nSPS) is 44.8. The highest BCUT2D eigenvalue weighted by Crippen LogP contribution is 2.56. The first kappa shape index (κ1) is 11.0. The molecule has 0 radical (unpaired) electrons. The van der Waals surface area contributed by atoms with E-state index < -0.39 is 0 Å². The van der Waals surface area contributed by atoms with E-state index in [1.54, 1.807) is 0 Å². The molecule has 2 saturated carbocycles. The van der Waals surface area contributed by atoms with Crippen LogP contribution in [0.4, 0.5) is 0 Å². The van der Waals surface area contributed by atoms with E-state index in [2.05, 4.69) is 0 Å². The van der Waals surface area contributed by atoms with Gasteiger partial charge < -0.3 is 9.84 Å². The summed E-state index contributed by atoms with van der Waals surface area (Å²) in [5.41, 5.74) is 0.120. The first-order chi connectivity index (χ1) is 7.87. The van der Waals surface area contributed by atoms with E-state index in [4.69, 9.17) is 4.74 Å². The van der Waals surface area contributed by atoms with Gasteiger partial charge in [-0.15, -0.1) is 0 Å². The van der Waals surface area contributed by atoms with Crippen LogP contribution in [0.3, 0.4) is 0 Å². The highest BCUT2D eigenvalue weighted by molar-refractivity contribution is 5.10. The summed E-state index contributed by atoms with van der Waals surface area (Å²) in [5, 5.41) is 9.31. The number of aliphatic hydroxyl groups is 1. The maximum absolute atomic E-state index is 9.31. The van der Waals surface area contributed by atoms with Crippen molar-refractivity contribution in [3.8, 4) is 0 Å². The Morgan fingerprint density at radius 3 is 2.44 bits per heavy atom. The zero-order chi connectivity index (χ0) is 11.0. The summed E-state index contributed by atoms with van der Waals surface area (Å²) in [4.78, 5) is 0. The number of rotatable bonds is 2. The molecule has 3 rings (SSSR count). The molecule has 0 aromatic rings. The van der Waals surface area contributed by atoms with Crippen LogP contribution in [0.25, 0.3) is 0 Å². The minimum atomic E-state index is 0.120. The van der Waals surface area contributed by atoms with Gasteiger partial charge in [-0.1, -0.05) is 44.9 Å². The Morgan fingerprint density at radius 1 is 1.00 bits per heavy atom. The van der Waals surface area contributed by atoms with Crippen molar-refractivity contribution in [3.63, 3.8) is 0 Å². The fourth-order valence-corrected chi connectivity index (χ4v) is 4.34. The van der Waals surface area contributed by atoms with Gasteiger partial charge in [0.1, 0.15) is 11.7 Å². The van der Waals surface area contributed by atoms with Crippen LogP contribution < -0.4 is 0 Å². The van der Waals surface area contributed by atoms with Gasteiger partial charge in [-0.05, 0) is 24.7 Å². The Balaban J connectivity index is 1.71. The van der Waals surface area contributed by atoms with Gasteiger partial charge in [0.05, 0.1) is 6.61 Å². The number of hydrogen-bond donors (Lipinski definition) is 1. The van der Waals surface area contributed by atoms with Crippen LogP contribution >= 0.6 is 0 Å². The van der Waals surface area contributed by atoms with Crippen molar-refractivity contribution >= 4 is 0 Å². The average Bonchev–Trinajstić information content (AvgIpc) is 3.05. The van der Waals surface area contributed by atoms with E-state index >= 15 is 0 Å². The summed E-state index contributed by atoms with van der Waals surface area (Å²) in [6.45, 7) is 0.239. The van der Waals surface area contributed by atoms with E-state index in [0.29, 0.717) is 0 Å². The van der Waals surface area contributed by atoms with E-state index in [0.717, 1.165) is 11.8 Å². The molecule has 3 fully saturated rings. The molecule has 2 heteroatoms. The Bertz CT molecular complexity index is 247. The lowest BCUT2D eigenvalue weighted by Crippen LogP contribution is -2.37. The van der Waals surface area contributed by atoms with Gasteiger partial charge in [-0.2, -0.15) is 0 Å². The van der Waals surface area contributed by atoms with Gasteiger partial charge in [0.2, 0.25) is 0 Å². The van der Waals surface area contributed by atoms with Crippen LogP contribution in [-0.2, 0) is 4.74 Å². The predicted molar refractivity (Wildman–Crippen MR) is 63.2 cm³/mol. The second-order valence-corrected chi connectivity index (χ2v) is 5.99. The lowest BCUT2D eigenvalue weighted by atomic mass is 9.66. The van der Waals surface area contributed by atoms with Crippen LogP contribution in [0.5, 0.6) is 0 Å². The molecule has 1 aliphatic heterocycles. The predicted octanol–water partition coefficient (Wildman–Crippen LogP) is 2.89. The maximum Gasteiger partial charge on any atom is 0.111 e. The van der Waals surface area contributed by atoms with Crippen molar-refractivity contribution in [2.24, 2.45) is 11.8 Å². The number of hydrogen-bond acceptors (Lipinski definition) is 2. The molecule has 2 nitrogen and oxygen atoms in total. The van der Waals surface area contributed by atoms with E-state index in [-0.39, 0.29) is 18.3 Å². The molecule has 0 bridgehead atoms. The molecule has 0 aromatic carbocycles. The molecule has 1 N–H and O–H groups in total. The van der Waals surface area contributed by atoms with Gasteiger partial charge in [0.15, 0.2) is 0 Å². The molecule has 3 aliphatic rings. The highest BCUT2D eigenvalue weighted by atomic mass is 16.6. The molecule has 16 heavy (non-hydrogen) atoms. The second kappa shape index (κ2) is 4.30. The second-order valence-electron chi connectivity index (χ2n) is 5.99. The number of epoxide rings is 1. The van der Waals surface area contributed by atoms with Gasteiger partial charge in [-0.25, -0.2) is 0 Å². The van der Waals surface area contributed by atoms with E-state index in [1.807, 2.05) is 0 Å². The van der Waals surface area contributed by atoms with Gasteiger partial charge >= 0.3 is 0 Å². The monoisotopic (exact) mass is 224 g/mol. The summed E-state index contributed by atoms with van der Waals surface area (Å²) < 4.78 is 5.91. The standard InChI is InChI=1S/C14H24O2/c15-10-13-14(16-13)9-5-4-8-12(14)11-6-2-1-3-7-11/h11-13,15H,1-10H2. The molecule has 3 atom stereocenters. The largest absolute Gasteiger partial charge is 0.394 e. The third-order valence-corrected chi connectivity index (χ3v) is 5.19. The lowest BCUT2D eigenvalue weighted by Gasteiger charge is -2.37. The Kier molecular flexibility index (Phi) is 2.97. The number of ether oxygens (including phenoxy) is 1. The van der Waals surface area contributed by atoms with Crippen molar-refractivity contribution < 1.29 is 9.84 Å². The minimum Gasteiger partial charge on any atom is -0.394 e. The minimum absolute atomic E-state index is 0.120. The SMILES string of the molecule is OCC1OC12CCCCC2C1CCCCC1. The van der Waals surface area contributed by atoms with Crippen molar-refractivity contribution in [2.75, 3.05) is 6.61 Å². The third kappa shape index (κ3) is 1.70. The van der Waals surface area contributed by atoms with Gasteiger partial charge in [-0.3, -0.25) is 0 Å². The molecule has 3 unspecified atom stereocenters. The van der Waals surface area contributed by atoms with Crippen molar-refractivity contribution in [1.29, 1.82) is 0 Å². The first-order valence-corrected chi connectivity index (χ1v) is 7.15. The lowest BCUT2D eigenvalue weighted by molar-refractivity contribution is 0.0883. The smallest absolute Gasteiger partial charge is 0.111 e. The molecule has 0 aromatic heterocycles. The highest BCUT2D eigenvalue weighted by Gasteiger charge is 2.62. The van der Waals surface area contributed by atoms with Crippen LogP contribution in [0.15, 0.2) is 0 Å². The first-order valence-electron chi connectivity index (χ1n) is 7.15.